The van der Waals surface area contributed by atoms with Crippen LogP contribution in [-0.4, -0.2) is 206 Å². The highest BCUT2D eigenvalue weighted by molar-refractivity contribution is 7.98. The predicted molar refractivity (Wildman–Crippen MR) is 298 cm³/mol. The Morgan fingerprint density at radius 2 is 0.890 bits per heavy atom. The van der Waals surface area contributed by atoms with Gasteiger partial charge >= 0.3 is 11.9 Å². The fourth-order valence-corrected chi connectivity index (χ4v) is 7.99. The standard InChI is InChI=1S/C51H90N12O18S/c1-14-24(7)37(61-42(71)27(10)54-41(70)26(9)52)48(77)57-32(19-35(68)69)44(73)63-39(28(11)65)46(75)53-20-34(67)59-40(29(12)66)50(79)58-33(21-64)45(74)56-31(18-22(3)4)43(72)62-38(25(8)15-2)49(78)60-36(23(5)6)47(76)55-30(51(80)81)16-17-82-13/h22-33,36-40,64-66H,14-21,52H2,1-13H3,(H,53,75)(H,54,70)(H,55,76)(H,56,74)(H,57,77)(H,58,79)(H,59,67)(H,60,78)(H,61,71)(H,62,72)(H,63,73)(H,68,69)(H,80,81)/t24-,25-,26-,27-,28+,29+,30-,31-,32-,33-,36-,37-,38-,39-,40-/m0/s1. The first-order valence-corrected chi connectivity index (χ1v) is 28.4. The molecule has 0 saturated heterocycles. The van der Waals surface area contributed by atoms with Gasteiger partial charge in [-0.05, 0) is 76.2 Å². The maximum Gasteiger partial charge on any atom is 0.326 e. The second-order valence-electron chi connectivity index (χ2n) is 21.0. The molecule has 18 N–H and O–H groups in total. The molecule has 0 heterocycles. The molecule has 31 heteroatoms. The van der Waals surface area contributed by atoms with Crippen LogP contribution in [0.3, 0.4) is 0 Å². The molecule has 0 aromatic rings. The number of amides is 11. The molecule has 0 rings (SSSR count). The lowest BCUT2D eigenvalue weighted by Gasteiger charge is -2.30. The van der Waals surface area contributed by atoms with E-state index in [-0.39, 0.29) is 18.8 Å². The molecule has 0 aliphatic rings. The van der Waals surface area contributed by atoms with Gasteiger partial charge in [0.1, 0.15) is 60.4 Å². The largest absolute Gasteiger partial charge is 0.481 e. The van der Waals surface area contributed by atoms with Crippen LogP contribution < -0.4 is 64.2 Å². The fraction of sp³-hybridized carbons (Fsp3) is 0.745. The van der Waals surface area contributed by atoms with Gasteiger partial charge in [0, 0.05) is 0 Å². The van der Waals surface area contributed by atoms with Gasteiger partial charge in [-0.1, -0.05) is 68.2 Å². The Morgan fingerprint density at radius 1 is 0.476 bits per heavy atom. The summed E-state index contributed by atoms with van der Waals surface area (Å²) in [5, 5.41) is 76.4. The molecule has 0 bridgehead atoms. The summed E-state index contributed by atoms with van der Waals surface area (Å²) in [7, 11) is 0. The van der Waals surface area contributed by atoms with Crippen LogP contribution in [0.1, 0.15) is 115 Å². The van der Waals surface area contributed by atoms with E-state index in [2.05, 4.69) is 58.5 Å². The van der Waals surface area contributed by atoms with E-state index >= 15 is 0 Å². The average Bonchev–Trinajstić information content (AvgIpc) is 3.43. The number of aliphatic hydroxyl groups is 3. The number of nitrogens with one attached hydrogen (secondary N) is 11. The maximum absolute atomic E-state index is 14.0. The number of carbonyl (C=O) groups is 13. The number of hydrogen-bond acceptors (Lipinski definition) is 18. The molecule has 0 aromatic heterocycles. The lowest BCUT2D eigenvalue weighted by Crippen LogP contribution is -2.62. The van der Waals surface area contributed by atoms with Crippen LogP contribution in [-0.2, 0) is 62.3 Å². The SMILES string of the molecule is CC[C@H](C)[C@H](NC(=O)[C@H](C)NC(=O)[C@H](C)N)C(=O)N[C@@H](CC(=O)O)C(=O)N[C@H](C(=O)NCC(=O)N[C@H](C(=O)N[C@@H](CO)C(=O)N[C@@H](CC(C)C)C(=O)N[C@H](C(=O)N[C@H](C(=O)N[C@@H](CCSC)C(=O)O)C(C)C)[C@@H](C)CC)[C@@H](C)O)[C@@H](C)O. The average molecular weight is 1190 g/mol. The minimum absolute atomic E-state index is 0.0294. The quantitative estimate of drug-likeness (QED) is 0.0276. The van der Waals surface area contributed by atoms with Crippen molar-refractivity contribution >= 4 is 88.7 Å². The molecule has 82 heavy (non-hydrogen) atoms. The Balaban J connectivity index is 6.21. The highest BCUT2D eigenvalue weighted by Gasteiger charge is 2.38. The van der Waals surface area contributed by atoms with Gasteiger partial charge in [0.25, 0.3) is 0 Å². The number of carboxylic acids is 2. The number of thioether (sulfide) groups is 1. The van der Waals surface area contributed by atoms with E-state index in [1.165, 1.54) is 25.6 Å². The van der Waals surface area contributed by atoms with Crippen molar-refractivity contribution in [2.45, 2.75) is 194 Å². The minimum Gasteiger partial charge on any atom is -0.481 e. The summed E-state index contributed by atoms with van der Waals surface area (Å²) >= 11 is 1.39. The Kier molecular flexibility index (Phi) is 34.4. The number of carbonyl (C=O) groups excluding carboxylic acids is 11. The van der Waals surface area contributed by atoms with Crippen molar-refractivity contribution in [3.8, 4) is 0 Å². The fourth-order valence-electron chi connectivity index (χ4n) is 7.52. The Morgan fingerprint density at radius 3 is 1.34 bits per heavy atom. The summed E-state index contributed by atoms with van der Waals surface area (Å²) in [5.41, 5.74) is 5.55. The zero-order valence-electron chi connectivity index (χ0n) is 49.0. The number of rotatable bonds is 38. The molecule has 468 valence electrons. The van der Waals surface area contributed by atoms with E-state index in [1.807, 2.05) is 0 Å². The summed E-state index contributed by atoms with van der Waals surface area (Å²) in [6.45, 7) is 16.1. The second-order valence-corrected chi connectivity index (χ2v) is 22.0. The third-order valence-electron chi connectivity index (χ3n) is 13.0. The minimum atomic E-state index is -1.91. The van der Waals surface area contributed by atoms with Crippen LogP contribution in [0.2, 0.25) is 0 Å². The Labute approximate surface area is 482 Å². The first-order valence-electron chi connectivity index (χ1n) is 27.0. The van der Waals surface area contributed by atoms with E-state index in [0.29, 0.717) is 18.6 Å². The first kappa shape index (κ1) is 75.3. The maximum atomic E-state index is 14.0. The molecular formula is C51H90N12O18S. The van der Waals surface area contributed by atoms with Gasteiger partial charge < -0.3 is 89.8 Å². The van der Waals surface area contributed by atoms with Gasteiger partial charge in [0.05, 0.1) is 37.8 Å². The van der Waals surface area contributed by atoms with Gasteiger partial charge in [-0.3, -0.25) is 57.5 Å². The number of aliphatic hydroxyl groups excluding tert-OH is 3. The molecule has 0 aliphatic carbocycles. The molecule has 0 aromatic carbocycles. The van der Waals surface area contributed by atoms with E-state index < -0.39 is 193 Å². The Bertz CT molecular complexity index is 2200. The van der Waals surface area contributed by atoms with Crippen LogP contribution in [0.5, 0.6) is 0 Å². The van der Waals surface area contributed by atoms with Crippen molar-refractivity contribution < 1.29 is 87.9 Å². The van der Waals surface area contributed by atoms with Crippen LogP contribution in [0.4, 0.5) is 0 Å². The number of nitrogens with two attached hydrogens (primary N) is 1. The van der Waals surface area contributed by atoms with Crippen molar-refractivity contribution in [3.63, 3.8) is 0 Å². The van der Waals surface area contributed by atoms with E-state index in [4.69, 9.17) is 5.73 Å². The molecule has 0 saturated carbocycles. The monoisotopic (exact) mass is 1190 g/mol. The van der Waals surface area contributed by atoms with Gasteiger partial charge in [-0.15, -0.1) is 0 Å². The molecule has 0 spiro atoms. The zero-order chi connectivity index (χ0) is 63.5. The van der Waals surface area contributed by atoms with Crippen molar-refractivity contribution in [2.75, 3.05) is 25.2 Å². The van der Waals surface area contributed by atoms with Gasteiger partial charge in [0.2, 0.25) is 65.0 Å². The van der Waals surface area contributed by atoms with Crippen molar-refractivity contribution in [1.29, 1.82) is 0 Å². The van der Waals surface area contributed by atoms with Gasteiger partial charge in [-0.2, -0.15) is 11.8 Å². The lowest BCUT2D eigenvalue weighted by molar-refractivity contribution is -0.143. The van der Waals surface area contributed by atoms with Gasteiger partial charge in [-0.25, -0.2) is 4.79 Å². The summed E-state index contributed by atoms with van der Waals surface area (Å²) in [4.78, 5) is 170. The van der Waals surface area contributed by atoms with E-state index in [1.54, 1.807) is 61.6 Å². The van der Waals surface area contributed by atoms with Crippen LogP contribution in [0.25, 0.3) is 0 Å². The summed E-state index contributed by atoms with van der Waals surface area (Å²) < 4.78 is 0. The topological polar surface area (TPSA) is 481 Å². The van der Waals surface area contributed by atoms with Crippen molar-refractivity contribution in [1.82, 2.24) is 58.5 Å². The molecule has 0 unspecified atom stereocenters. The molecular weight excluding hydrogens is 1100 g/mol. The predicted octanol–water partition coefficient (Wildman–Crippen LogP) is -4.82. The third kappa shape index (κ3) is 26.5. The normalized spacial score (nSPS) is 16.8. The van der Waals surface area contributed by atoms with Gasteiger partial charge in [0.15, 0.2) is 0 Å². The number of aliphatic carboxylic acids is 2. The number of hydrogen-bond donors (Lipinski definition) is 17. The molecule has 15 atom stereocenters. The first-order chi connectivity index (χ1) is 38.1. The Hall–Kier alpha value is -6.70. The molecule has 0 aliphatic heterocycles. The molecule has 0 radical (unpaired) electrons. The second kappa shape index (κ2) is 37.4. The third-order valence-corrected chi connectivity index (χ3v) is 13.6. The van der Waals surface area contributed by atoms with E-state index in [0.717, 1.165) is 13.8 Å². The van der Waals surface area contributed by atoms with Crippen LogP contribution in [0.15, 0.2) is 0 Å². The van der Waals surface area contributed by atoms with Crippen LogP contribution >= 0.6 is 11.8 Å². The highest BCUT2D eigenvalue weighted by Crippen LogP contribution is 2.14. The molecule has 0 fully saturated rings. The van der Waals surface area contributed by atoms with Crippen molar-refractivity contribution in [2.24, 2.45) is 29.4 Å². The smallest absolute Gasteiger partial charge is 0.326 e. The summed E-state index contributed by atoms with van der Waals surface area (Å²) in [5.74, 6) is -15.2. The van der Waals surface area contributed by atoms with Crippen molar-refractivity contribution in [3.05, 3.63) is 0 Å². The highest BCUT2D eigenvalue weighted by atomic mass is 32.2. The number of carboxylic acid groups (broad SMARTS) is 2. The van der Waals surface area contributed by atoms with E-state index in [9.17, 15) is 87.9 Å². The van der Waals surface area contributed by atoms with Crippen LogP contribution in [0, 0.1) is 23.7 Å². The molecule has 30 nitrogen and oxygen atoms in total. The summed E-state index contributed by atoms with van der Waals surface area (Å²) in [6.07, 6.45) is -1.95. The summed E-state index contributed by atoms with van der Waals surface area (Å²) in [6, 6.07) is -16.1. The molecule has 11 amide bonds. The lowest BCUT2D eigenvalue weighted by atomic mass is 9.95. The zero-order valence-corrected chi connectivity index (χ0v) is 49.8.